The second kappa shape index (κ2) is 4.88. The number of hydrogen-bond donors (Lipinski definition) is 1. The molecule has 1 N–H and O–H groups in total. The number of rotatable bonds is 4. The van der Waals surface area contributed by atoms with E-state index in [1.54, 1.807) is 0 Å². The molecule has 2 rings (SSSR count). The van der Waals surface area contributed by atoms with Gasteiger partial charge in [-0.3, -0.25) is 0 Å². The predicted octanol–water partition coefficient (Wildman–Crippen LogP) is 2.38. The van der Waals surface area contributed by atoms with Crippen LogP contribution in [0.3, 0.4) is 0 Å². The molecule has 0 amide bonds. The Kier molecular flexibility index (Phi) is 3.49. The SMILES string of the molecule is CCCN1CCc2cccc(CC(C)O)c21. The van der Waals surface area contributed by atoms with Crippen molar-refractivity contribution in [2.75, 3.05) is 18.0 Å². The number of benzene rings is 1. The van der Waals surface area contributed by atoms with E-state index in [4.69, 9.17) is 0 Å². The van der Waals surface area contributed by atoms with Gasteiger partial charge >= 0.3 is 0 Å². The summed E-state index contributed by atoms with van der Waals surface area (Å²) >= 11 is 0. The van der Waals surface area contributed by atoms with E-state index in [1.165, 1.54) is 23.2 Å². The van der Waals surface area contributed by atoms with Crippen LogP contribution in [-0.2, 0) is 12.8 Å². The third-order valence-corrected chi connectivity index (χ3v) is 3.18. The van der Waals surface area contributed by atoms with E-state index >= 15 is 0 Å². The zero-order valence-electron chi connectivity index (χ0n) is 10.2. The maximum Gasteiger partial charge on any atom is 0.0553 e. The highest BCUT2D eigenvalue weighted by Gasteiger charge is 2.21. The summed E-state index contributed by atoms with van der Waals surface area (Å²) in [5.41, 5.74) is 4.15. The number of aliphatic hydroxyl groups is 1. The molecular weight excluding hydrogens is 198 g/mol. The zero-order valence-corrected chi connectivity index (χ0v) is 10.2. The van der Waals surface area contributed by atoms with Crippen molar-refractivity contribution >= 4 is 5.69 Å². The summed E-state index contributed by atoms with van der Waals surface area (Å²) in [6.45, 7) is 6.34. The highest BCUT2D eigenvalue weighted by Crippen LogP contribution is 2.32. The minimum Gasteiger partial charge on any atom is -0.393 e. The maximum absolute atomic E-state index is 9.53. The quantitative estimate of drug-likeness (QED) is 0.840. The van der Waals surface area contributed by atoms with Gasteiger partial charge in [-0.15, -0.1) is 0 Å². The number of fused-ring (bicyclic) bond motifs is 1. The smallest absolute Gasteiger partial charge is 0.0553 e. The molecule has 0 radical (unpaired) electrons. The first kappa shape index (κ1) is 11.5. The summed E-state index contributed by atoms with van der Waals surface area (Å²) in [6.07, 6.45) is 2.85. The van der Waals surface area contributed by atoms with Gasteiger partial charge in [0.25, 0.3) is 0 Å². The van der Waals surface area contributed by atoms with E-state index in [2.05, 4.69) is 30.0 Å². The Bertz CT molecular complexity index is 358. The fourth-order valence-corrected chi connectivity index (χ4v) is 2.60. The molecule has 2 nitrogen and oxygen atoms in total. The number of hydrogen-bond acceptors (Lipinski definition) is 2. The molecule has 1 aliphatic heterocycles. The molecule has 1 unspecified atom stereocenters. The number of nitrogens with zero attached hydrogens (tertiary/aromatic N) is 1. The molecule has 0 spiro atoms. The van der Waals surface area contributed by atoms with Crippen LogP contribution in [-0.4, -0.2) is 24.3 Å². The Morgan fingerprint density at radius 2 is 2.25 bits per heavy atom. The van der Waals surface area contributed by atoms with Gasteiger partial charge in [0.2, 0.25) is 0 Å². The van der Waals surface area contributed by atoms with Gasteiger partial charge in [0.1, 0.15) is 0 Å². The van der Waals surface area contributed by atoms with Crippen molar-refractivity contribution in [3.63, 3.8) is 0 Å². The summed E-state index contributed by atoms with van der Waals surface area (Å²) in [7, 11) is 0. The van der Waals surface area contributed by atoms with Crippen LogP contribution in [0.1, 0.15) is 31.4 Å². The molecule has 0 bridgehead atoms. The molecule has 1 aromatic carbocycles. The lowest BCUT2D eigenvalue weighted by molar-refractivity contribution is 0.195. The number of para-hydroxylation sites is 1. The standard InChI is InChI=1S/C14H21NO/c1-3-8-15-9-7-12-5-4-6-13(14(12)15)10-11(2)16/h4-6,11,16H,3,7-10H2,1-2H3. The van der Waals surface area contributed by atoms with E-state index in [0.29, 0.717) is 0 Å². The van der Waals surface area contributed by atoms with Gasteiger partial charge in [0, 0.05) is 25.2 Å². The van der Waals surface area contributed by atoms with Crippen LogP contribution >= 0.6 is 0 Å². The molecule has 1 aliphatic rings. The fourth-order valence-electron chi connectivity index (χ4n) is 2.60. The van der Waals surface area contributed by atoms with E-state index < -0.39 is 0 Å². The van der Waals surface area contributed by atoms with Crippen LogP contribution in [0.4, 0.5) is 5.69 Å². The van der Waals surface area contributed by atoms with Crippen molar-refractivity contribution in [3.05, 3.63) is 29.3 Å². The van der Waals surface area contributed by atoms with Gasteiger partial charge in [-0.1, -0.05) is 25.1 Å². The van der Waals surface area contributed by atoms with E-state index in [-0.39, 0.29) is 6.10 Å². The molecule has 1 heterocycles. The Morgan fingerprint density at radius 1 is 1.44 bits per heavy atom. The van der Waals surface area contributed by atoms with Crippen LogP contribution in [0.15, 0.2) is 18.2 Å². The zero-order chi connectivity index (χ0) is 11.5. The fraction of sp³-hybridized carbons (Fsp3) is 0.571. The Labute approximate surface area is 97.9 Å². The van der Waals surface area contributed by atoms with Gasteiger partial charge in [0.05, 0.1) is 6.10 Å². The maximum atomic E-state index is 9.53. The lowest BCUT2D eigenvalue weighted by Crippen LogP contribution is -2.22. The highest BCUT2D eigenvalue weighted by molar-refractivity contribution is 5.63. The van der Waals surface area contributed by atoms with E-state index in [1.807, 2.05) is 6.92 Å². The van der Waals surface area contributed by atoms with Crippen molar-refractivity contribution in [1.29, 1.82) is 0 Å². The average molecular weight is 219 g/mol. The van der Waals surface area contributed by atoms with Crippen molar-refractivity contribution in [2.24, 2.45) is 0 Å². The van der Waals surface area contributed by atoms with Crippen LogP contribution in [0.25, 0.3) is 0 Å². The Balaban J connectivity index is 2.29. The summed E-state index contributed by atoms with van der Waals surface area (Å²) in [6, 6.07) is 6.49. The molecule has 0 saturated carbocycles. The molecule has 0 fully saturated rings. The molecule has 0 aromatic heterocycles. The average Bonchev–Trinajstić information content (AvgIpc) is 2.62. The van der Waals surface area contributed by atoms with Crippen molar-refractivity contribution in [1.82, 2.24) is 0 Å². The third kappa shape index (κ3) is 2.22. The monoisotopic (exact) mass is 219 g/mol. The second-order valence-corrected chi connectivity index (χ2v) is 4.72. The molecule has 0 saturated heterocycles. The van der Waals surface area contributed by atoms with Gasteiger partial charge in [-0.25, -0.2) is 0 Å². The lowest BCUT2D eigenvalue weighted by Gasteiger charge is -2.22. The van der Waals surface area contributed by atoms with Crippen molar-refractivity contribution in [2.45, 2.75) is 39.2 Å². The first-order valence-corrected chi connectivity index (χ1v) is 6.26. The molecule has 0 aliphatic carbocycles. The van der Waals surface area contributed by atoms with E-state index in [9.17, 15) is 5.11 Å². The number of anilines is 1. The minimum absolute atomic E-state index is 0.254. The molecule has 88 valence electrons. The van der Waals surface area contributed by atoms with Crippen molar-refractivity contribution in [3.8, 4) is 0 Å². The van der Waals surface area contributed by atoms with Crippen molar-refractivity contribution < 1.29 is 5.11 Å². The van der Waals surface area contributed by atoms with Crippen LogP contribution in [0.2, 0.25) is 0 Å². The summed E-state index contributed by atoms with van der Waals surface area (Å²) in [5, 5.41) is 9.53. The molecule has 2 heteroatoms. The second-order valence-electron chi connectivity index (χ2n) is 4.72. The van der Waals surface area contributed by atoms with Crippen LogP contribution < -0.4 is 4.90 Å². The van der Waals surface area contributed by atoms with E-state index in [0.717, 1.165) is 25.9 Å². The number of aliphatic hydroxyl groups excluding tert-OH is 1. The van der Waals surface area contributed by atoms with Gasteiger partial charge in [-0.2, -0.15) is 0 Å². The minimum atomic E-state index is -0.254. The summed E-state index contributed by atoms with van der Waals surface area (Å²) < 4.78 is 0. The van der Waals surface area contributed by atoms with Gasteiger partial charge in [0.15, 0.2) is 0 Å². The largest absolute Gasteiger partial charge is 0.393 e. The van der Waals surface area contributed by atoms with Crippen LogP contribution in [0.5, 0.6) is 0 Å². The van der Waals surface area contributed by atoms with Crippen LogP contribution in [0, 0.1) is 0 Å². The van der Waals surface area contributed by atoms with Gasteiger partial charge in [-0.05, 0) is 30.9 Å². The summed E-state index contributed by atoms with van der Waals surface area (Å²) in [4.78, 5) is 2.47. The van der Waals surface area contributed by atoms with Gasteiger partial charge < -0.3 is 10.0 Å². The third-order valence-electron chi connectivity index (χ3n) is 3.18. The molecule has 16 heavy (non-hydrogen) atoms. The predicted molar refractivity (Wildman–Crippen MR) is 68.0 cm³/mol. The Morgan fingerprint density at radius 3 is 2.94 bits per heavy atom. The molecule has 1 aromatic rings. The first-order chi connectivity index (χ1) is 7.72. The highest BCUT2D eigenvalue weighted by atomic mass is 16.3. The topological polar surface area (TPSA) is 23.5 Å². The first-order valence-electron chi connectivity index (χ1n) is 6.26. The Hall–Kier alpha value is -1.02. The normalized spacial score (nSPS) is 16.3. The molecule has 1 atom stereocenters. The summed E-state index contributed by atoms with van der Waals surface area (Å²) in [5.74, 6) is 0. The lowest BCUT2D eigenvalue weighted by atomic mass is 10.0. The molecular formula is C14H21NO.